The van der Waals surface area contributed by atoms with Gasteiger partial charge in [-0.15, -0.1) is 0 Å². The number of hydrogen-bond donors (Lipinski definition) is 1. The Labute approximate surface area is 86.1 Å². The largest absolute Gasteiger partial charge is 0.507 e. The fourth-order valence-corrected chi connectivity index (χ4v) is 1.36. The van der Waals surface area contributed by atoms with Gasteiger partial charge in [-0.05, 0) is 24.3 Å². The lowest BCUT2D eigenvalue weighted by molar-refractivity contribution is 0.0594. The molecule has 0 amide bonds. The zero-order chi connectivity index (χ0) is 10.8. The maximum atomic E-state index is 11.2. The van der Waals surface area contributed by atoms with Crippen LogP contribution in [0.4, 0.5) is 0 Å². The van der Waals surface area contributed by atoms with Crippen molar-refractivity contribution in [2.75, 3.05) is 7.11 Å². The van der Waals surface area contributed by atoms with E-state index in [1.807, 2.05) is 0 Å². The molecule has 0 aliphatic heterocycles. The van der Waals surface area contributed by atoms with E-state index in [4.69, 9.17) is 0 Å². The maximum Gasteiger partial charge on any atom is 0.356 e. The summed E-state index contributed by atoms with van der Waals surface area (Å²) in [4.78, 5) is 15.3. The summed E-state index contributed by atoms with van der Waals surface area (Å²) in [6.07, 6.45) is 0. The Bertz CT molecular complexity index is 522. The average Bonchev–Trinajstić information content (AvgIpc) is 2.28. The fraction of sp³-hybridized carbons (Fsp3) is 0.0909. The first-order valence-corrected chi connectivity index (χ1v) is 4.39. The van der Waals surface area contributed by atoms with Crippen molar-refractivity contribution in [3.05, 3.63) is 36.0 Å². The standard InChI is InChI=1S/C11H9NO3/c1-15-11(14)9-6-5-7-8(12-9)3-2-4-10(7)13/h2-6,13H,1H3. The van der Waals surface area contributed by atoms with Gasteiger partial charge >= 0.3 is 5.97 Å². The molecule has 0 spiro atoms. The Morgan fingerprint density at radius 1 is 1.33 bits per heavy atom. The van der Waals surface area contributed by atoms with Crippen molar-refractivity contribution < 1.29 is 14.6 Å². The van der Waals surface area contributed by atoms with Crippen molar-refractivity contribution in [3.8, 4) is 5.75 Å². The molecular formula is C11H9NO3. The molecule has 0 unspecified atom stereocenters. The highest BCUT2D eigenvalue weighted by Gasteiger charge is 2.08. The Morgan fingerprint density at radius 2 is 2.13 bits per heavy atom. The molecule has 2 aromatic rings. The van der Waals surface area contributed by atoms with Crippen LogP contribution in [0.2, 0.25) is 0 Å². The van der Waals surface area contributed by atoms with Crippen LogP contribution in [-0.4, -0.2) is 23.2 Å². The molecule has 4 nitrogen and oxygen atoms in total. The summed E-state index contributed by atoms with van der Waals surface area (Å²) in [5.41, 5.74) is 0.800. The number of esters is 1. The van der Waals surface area contributed by atoms with E-state index < -0.39 is 5.97 Å². The first-order chi connectivity index (χ1) is 7.22. The number of ether oxygens (including phenoxy) is 1. The second-order valence-corrected chi connectivity index (χ2v) is 3.03. The third kappa shape index (κ3) is 1.61. The van der Waals surface area contributed by atoms with Crippen molar-refractivity contribution in [2.45, 2.75) is 0 Å². The van der Waals surface area contributed by atoms with Crippen LogP contribution in [0.25, 0.3) is 10.9 Å². The van der Waals surface area contributed by atoms with Crippen LogP contribution >= 0.6 is 0 Å². The van der Waals surface area contributed by atoms with Crippen molar-refractivity contribution in [1.29, 1.82) is 0 Å². The van der Waals surface area contributed by atoms with E-state index in [1.54, 1.807) is 24.3 Å². The topological polar surface area (TPSA) is 59.4 Å². The zero-order valence-corrected chi connectivity index (χ0v) is 8.10. The van der Waals surface area contributed by atoms with Gasteiger partial charge in [0.1, 0.15) is 11.4 Å². The smallest absolute Gasteiger partial charge is 0.356 e. The Morgan fingerprint density at radius 3 is 2.87 bits per heavy atom. The van der Waals surface area contributed by atoms with E-state index >= 15 is 0 Å². The van der Waals surface area contributed by atoms with Gasteiger partial charge in [0.15, 0.2) is 0 Å². The predicted molar refractivity (Wildman–Crippen MR) is 54.7 cm³/mol. The summed E-state index contributed by atoms with van der Waals surface area (Å²) >= 11 is 0. The van der Waals surface area contributed by atoms with Crippen LogP contribution < -0.4 is 0 Å². The second-order valence-electron chi connectivity index (χ2n) is 3.03. The molecule has 0 bridgehead atoms. The number of hydrogen-bond acceptors (Lipinski definition) is 4. The quantitative estimate of drug-likeness (QED) is 0.717. The van der Waals surface area contributed by atoms with Crippen molar-refractivity contribution in [3.63, 3.8) is 0 Å². The summed E-state index contributed by atoms with van der Waals surface area (Å²) in [6, 6.07) is 8.13. The van der Waals surface area contributed by atoms with Crippen molar-refractivity contribution in [2.24, 2.45) is 0 Å². The molecule has 0 saturated carbocycles. The fourth-order valence-electron chi connectivity index (χ4n) is 1.36. The molecule has 2 rings (SSSR count). The van der Waals surface area contributed by atoms with E-state index in [0.29, 0.717) is 10.9 Å². The van der Waals surface area contributed by atoms with E-state index in [2.05, 4.69) is 9.72 Å². The monoisotopic (exact) mass is 203 g/mol. The van der Waals surface area contributed by atoms with Gasteiger partial charge in [0, 0.05) is 5.39 Å². The van der Waals surface area contributed by atoms with Gasteiger partial charge in [0.25, 0.3) is 0 Å². The normalized spacial score (nSPS) is 10.2. The minimum absolute atomic E-state index is 0.149. The number of carbonyl (C=O) groups is 1. The molecule has 76 valence electrons. The number of aromatic nitrogens is 1. The highest BCUT2D eigenvalue weighted by molar-refractivity contribution is 5.92. The first kappa shape index (κ1) is 9.45. The van der Waals surface area contributed by atoms with E-state index in [0.717, 1.165) is 0 Å². The zero-order valence-electron chi connectivity index (χ0n) is 8.10. The van der Waals surface area contributed by atoms with Gasteiger partial charge in [0.05, 0.1) is 12.6 Å². The number of aromatic hydroxyl groups is 1. The minimum Gasteiger partial charge on any atom is -0.507 e. The summed E-state index contributed by atoms with van der Waals surface area (Å²) in [7, 11) is 1.30. The third-order valence-electron chi connectivity index (χ3n) is 2.10. The molecule has 1 aromatic carbocycles. The van der Waals surface area contributed by atoms with Crippen molar-refractivity contribution >= 4 is 16.9 Å². The molecule has 0 atom stereocenters. The molecule has 0 aliphatic rings. The summed E-state index contributed by atoms with van der Waals surface area (Å²) in [5.74, 6) is -0.336. The van der Waals surface area contributed by atoms with Crippen LogP contribution in [-0.2, 0) is 4.74 Å². The van der Waals surface area contributed by atoms with Gasteiger partial charge in [-0.25, -0.2) is 9.78 Å². The molecule has 4 heteroatoms. The number of fused-ring (bicyclic) bond motifs is 1. The van der Waals surface area contributed by atoms with Gasteiger partial charge in [-0.2, -0.15) is 0 Å². The first-order valence-electron chi connectivity index (χ1n) is 4.39. The van der Waals surface area contributed by atoms with Gasteiger partial charge < -0.3 is 9.84 Å². The van der Waals surface area contributed by atoms with Crippen LogP contribution in [0.3, 0.4) is 0 Å². The number of carbonyl (C=O) groups excluding carboxylic acids is 1. The number of phenolic OH excluding ortho intramolecular Hbond substituents is 1. The molecule has 1 aromatic heterocycles. The highest BCUT2D eigenvalue weighted by Crippen LogP contribution is 2.22. The molecule has 1 heterocycles. The maximum absolute atomic E-state index is 11.2. The lowest BCUT2D eigenvalue weighted by Crippen LogP contribution is -2.03. The molecule has 1 N–H and O–H groups in total. The molecular weight excluding hydrogens is 194 g/mol. The van der Waals surface area contributed by atoms with Crippen LogP contribution in [0.1, 0.15) is 10.5 Å². The molecule has 15 heavy (non-hydrogen) atoms. The second kappa shape index (κ2) is 3.57. The van der Waals surface area contributed by atoms with Gasteiger partial charge in [0.2, 0.25) is 0 Å². The number of pyridine rings is 1. The highest BCUT2D eigenvalue weighted by atomic mass is 16.5. The van der Waals surface area contributed by atoms with Gasteiger partial charge in [-0.3, -0.25) is 0 Å². The van der Waals surface area contributed by atoms with Crippen LogP contribution in [0, 0.1) is 0 Å². The average molecular weight is 203 g/mol. The van der Waals surface area contributed by atoms with E-state index in [9.17, 15) is 9.90 Å². The third-order valence-corrected chi connectivity index (χ3v) is 2.10. The number of benzene rings is 1. The van der Waals surface area contributed by atoms with Gasteiger partial charge in [-0.1, -0.05) is 6.07 Å². The van der Waals surface area contributed by atoms with Crippen LogP contribution in [0.15, 0.2) is 30.3 Å². The number of rotatable bonds is 1. The van der Waals surface area contributed by atoms with E-state index in [-0.39, 0.29) is 11.4 Å². The molecule has 0 fully saturated rings. The minimum atomic E-state index is -0.486. The number of nitrogens with zero attached hydrogens (tertiary/aromatic N) is 1. The summed E-state index contributed by atoms with van der Waals surface area (Å²) in [6.45, 7) is 0. The number of methoxy groups -OCH3 is 1. The van der Waals surface area contributed by atoms with Crippen LogP contribution in [0.5, 0.6) is 5.75 Å². The summed E-state index contributed by atoms with van der Waals surface area (Å²) < 4.78 is 4.55. The molecule has 0 aliphatic carbocycles. The van der Waals surface area contributed by atoms with E-state index in [1.165, 1.54) is 13.2 Å². The molecule has 0 saturated heterocycles. The lowest BCUT2D eigenvalue weighted by Gasteiger charge is -2.02. The Hall–Kier alpha value is -2.10. The Balaban J connectivity index is 2.62. The molecule has 0 radical (unpaired) electrons. The Kier molecular flexibility index (Phi) is 2.25. The summed E-state index contributed by atoms with van der Waals surface area (Å²) in [5, 5.41) is 10.1. The lowest BCUT2D eigenvalue weighted by atomic mass is 10.2. The SMILES string of the molecule is COC(=O)c1ccc2c(O)cccc2n1. The predicted octanol–water partition coefficient (Wildman–Crippen LogP) is 1.73. The van der Waals surface area contributed by atoms with Crippen molar-refractivity contribution in [1.82, 2.24) is 4.98 Å². The number of phenols is 1.